The van der Waals surface area contributed by atoms with E-state index < -0.39 is 12.1 Å². The molecular formula is C30H41N3O6. The molecule has 0 saturated carbocycles. The average Bonchev–Trinajstić information content (AvgIpc) is 3.10. The van der Waals surface area contributed by atoms with Crippen LogP contribution in [0.1, 0.15) is 64.6 Å². The van der Waals surface area contributed by atoms with Crippen molar-refractivity contribution in [2.24, 2.45) is 5.92 Å². The summed E-state index contributed by atoms with van der Waals surface area (Å²) in [5.74, 6) is 1.33. The Labute approximate surface area is 230 Å². The van der Waals surface area contributed by atoms with Gasteiger partial charge in [-0.25, -0.2) is 0 Å². The molecule has 0 spiro atoms. The molecule has 1 aliphatic rings. The summed E-state index contributed by atoms with van der Waals surface area (Å²) in [6, 6.07) is 5.99. The van der Waals surface area contributed by atoms with Crippen molar-refractivity contribution < 1.29 is 23.8 Å². The monoisotopic (exact) mass is 539 g/mol. The smallest absolute Gasteiger partial charge is 0.242 e. The van der Waals surface area contributed by atoms with Gasteiger partial charge in [0.1, 0.15) is 6.04 Å². The molecule has 0 saturated heterocycles. The van der Waals surface area contributed by atoms with Crippen LogP contribution in [0.25, 0.3) is 11.1 Å². The number of fused-ring (bicyclic) bond motifs is 3. The normalized spacial score (nSPS) is 15.0. The van der Waals surface area contributed by atoms with E-state index in [4.69, 9.17) is 14.2 Å². The number of carbonyl (C=O) groups is 2. The number of methoxy groups -OCH3 is 3. The zero-order chi connectivity index (χ0) is 28.9. The van der Waals surface area contributed by atoms with Crippen molar-refractivity contribution in [3.8, 4) is 28.4 Å². The van der Waals surface area contributed by atoms with Gasteiger partial charge >= 0.3 is 0 Å². The fourth-order valence-corrected chi connectivity index (χ4v) is 5.10. The maximum absolute atomic E-state index is 13.6. The van der Waals surface area contributed by atoms with E-state index in [2.05, 4.69) is 16.0 Å². The van der Waals surface area contributed by atoms with E-state index in [1.165, 1.54) is 6.92 Å². The van der Waals surface area contributed by atoms with Crippen molar-refractivity contribution in [3.05, 3.63) is 45.6 Å². The first kappa shape index (κ1) is 29.8. The van der Waals surface area contributed by atoms with Gasteiger partial charge in [0.05, 0.1) is 33.1 Å². The fraction of sp³-hybridized carbons (Fsp3) is 0.500. The lowest BCUT2D eigenvalue weighted by atomic mass is 9.95. The third-order valence-corrected chi connectivity index (χ3v) is 6.70. The van der Waals surface area contributed by atoms with Gasteiger partial charge in [-0.15, -0.1) is 0 Å². The quantitative estimate of drug-likeness (QED) is 0.414. The second kappa shape index (κ2) is 12.9. The molecule has 0 radical (unpaired) electrons. The third kappa shape index (κ3) is 6.82. The van der Waals surface area contributed by atoms with Crippen LogP contribution in [0.4, 0.5) is 5.69 Å². The van der Waals surface area contributed by atoms with Crippen LogP contribution in [0.5, 0.6) is 17.2 Å². The molecule has 2 aromatic rings. The first-order valence-electron chi connectivity index (χ1n) is 13.3. The first-order valence-corrected chi connectivity index (χ1v) is 13.3. The van der Waals surface area contributed by atoms with Crippen LogP contribution < -0.4 is 35.6 Å². The topological polar surface area (TPSA) is 115 Å². The van der Waals surface area contributed by atoms with Gasteiger partial charge in [0.2, 0.25) is 23.0 Å². The van der Waals surface area contributed by atoms with Crippen LogP contribution >= 0.6 is 0 Å². The number of rotatable bonds is 10. The Balaban J connectivity index is 2.26. The molecule has 0 fully saturated rings. The summed E-state index contributed by atoms with van der Waals surface area (Å²) in [5, 5.41) is 9.16. The van der Waals surface area contributed by atoms with Crippen molar-refractivity contribution in [2.75, 3.05) is 26.6 Å². The van der Waals surface area contributed by atoms with Crippen molar-refractivity contribution in [1.82, 2.24) is 10.6 Å². The molecule has 0 heterocycles. The number of aryl methyl sites for hydroxylation is 1. The molecule has 0 aromatic heterocycles. The maximum Gasteiger partial charge on any atom is 0.242 e. The molecule has 0 bridgehead atoms. The molecule has 9 heteroatoms. The third-order valence-electron chi connectivity index (χ3n) is 6.70. The van der Waals surface area contributed by atoms with Gasteiger partial charge < -0.3 is 30.2 Å². The van der Waals surface area contributed by atoms with Crippen LogP contribution in [0.15, 0.2) is 29.1 Å². The minimum absolute atomic E-state index is 0.0296. The summed E-state index contributed by atoms with van der Waals surface area (Å²) in [6.45, 7) is 9.33. The number of carbonyl (C=O) groups excluding carboxylic acids is 2. The zero-order valence-electron chi connectivity index (χ0n) is 24.2. The minimum atomic E-state index is -0.584. The molecule has 3 rings (SSSR count). The summed E-state index contributed by atoms with van der Waals surface area (Å²) < 4.78 is 17.1. The largest absolute Gasteiger partial charge is 0.493 e. The van der Waals surface area contributed by atoms with E-state index in [9.17, 15) is 14.4 Å². The number of nitrogens with one attached hydrogen (secondary N) is 3. The highest BCUT2D eigenvalue weighted by Gasteiger charge is 2.30. The van der Waals surface area contributed by atoms with Crippen LogP contribution in [-0.2, 0) is 16.0 Å². The Morgan fingerprint density at radius 1 is 1.00 bits per heavy atom. The summed E-state index contributed by atoms with van der Waals surface area (Å²) in [5.41, 5.74) is 3.14. The van der Waals surface area contributed by atoms with Crippen molar-refractivity contribution >= 4 is 17.5 Å². The Morgan fingerprint density at radius 3 is 2.26 bits per heavy atom. The molecule has 0 aliphatic heterocycles. The van der Waals surface area contributed by atoms with Crippen molar-refractivity contribution in [3.63, 3.8) is 0 Å². The van der Waals surface area contributed by atoms with E-state index in [0.29, 0.717) is 47.8 Å². The highest BCUT2D eigenvalue weighted by molar-refractivity contribution is 5.86. The molecule has 212 valence electrons. The van der Waals surface area contributed by atoms with Gasteiger partial charge in [0.25, 0.3) is 0 Å². The Bertz CT molecular complexity index is 1270. The predicted octanol–water partition coefficient (Wildman–Crippen LogP) is 4.21. The summed E-state index contributed by atoms with van der Waals surface area (Å²) in [6.07, 6.45) is 1.73. The van der Waals surface area contributed by atoms with E-state index in [1.807, 2.05) is 39.8 Å². The lowest BCUT2D eigenvalue weighted by molar-refractivity contribution is -0.122. The predicted molar refractivity (Wildman–Crippen MR) is 153 cm³/mol. The highest BCUT2D eigenvalue weighted by Crippen LogP contribution is 2.50. The number of anilines is 1. The summed E-state index contributed by atoms with van der Waals surface area (Å²) in [7, 11) is 4.68. The minimum Gasteiger partial charge on any atom is -0.493 e. The molecule has 2 atom stereocenters. The lowest BCUT2D eigenvalue weighted by Gasteiger charge is -2.22. The lowest BCUT2D eigenvalue weighted by Crippen LogP contribution is -2.44. The number of benzene rings is 1. The van der Waals surface area contributed by atoms with Crippen LogP contribution in [0, 0.1) is 5.92 Å². The fourth-order valence-electron chi connectivity index (χ4n) is 5.10. The maximum atomic E-state index is 13.6. The van der Waals surface area contributed by atoms with Gasteiger partial charge in [-0.1, -0.05) is 19.9 Å². The number of hydrogen-bond donors (Lipinski definition) is 3. The highest BCUT2D eigenvalue weighted by atomic mass is 16.5. The first-order chi connectivity index (χ1) is 18.5. The molecule has 3 N–H and O–H groups in total. The molecule has 39 heavy (non-hydrogen) atoms. The van der Waals surface area contributed by atoms with E-state index in [0.717, 1.165) is 16.7 Å². The second-order valence-corrected chi connectivity index (χ2v) is 10.6. The number of hydrogen-bond acceptors (Lipinski definition) is 7. The second-order valence-electron chi connectivity index (χ2n) is 10.6. The van der Waals surface area contributed by atoms with Crippen molar-refractivity contribution in [1.29, 1.82) is 0 Å². The standard InChI is InChI=1S/C30H41N3O6/c1-16(2)13-24(30(36)31-17(3)4)33-23-12-10-20-21(15-25(23)35)22(32-18(5)34)11-9-19-14-26(37-6)28(38-7)29(39-8)27(19)20/h10,12,14-17,22,24H,9,11,13H2,1-8H3,(H,31,36)(H,32,34)(H,33,35)/t22-,24-/m0/s1. The molecule has 0 unspecified atom stereocenters. The van der Waals surface area contributed by atoms with Gasteiger partial charge in [-0.2, -0.15) is 0 Å². The Kier molecular flexibility index (Phi) is 9.83. The molecule has 2 aromatic carbocycles. The molecule has 2 amide bonds. The van der Waals surface area contributed by atoms with Gasteiger partial charge in [0.15, 0.2) is 11.5 Å². The zero-order valence-corrected chi connectivity index (χ0v) is 24.2. The Hall–Kier alpha value is -3.75. The van der Waals surface area contributed by atoms with Gasteiger partial charge in [-0.05, 0) is 73.9 Å². The van der Waals surface area contributed by atoms with Gasteiger partial charge in [0, 0.05) is 18.5 Å². The summed E-state index contributed by atoms with van der Waals surface area (Å²) >= 11 is 0. The molecular weight excluding hydrogens is 498 g/mol. The summed E-state index contributed by atoms with van der Waals surface area (Å²) in [4.78, 5) is 38.7. The van der Waals surface area contributed by atoms with Gasteiger partial charge in [-0.3, -0.25) is 14.4 Å². The van der Waals surface area contributed by atoms with Crippen LogP contribution in [-0.4, -0.2) is 45.2 Å². The Morgan fingerprint density at radius 2 is 1.69 bits per heavy atom. The van der Waals surface area contributed by atoms with E-state index in [-0.39, 0.29) is 29.2 Å². The van der Waals surface area contributed by atoms with Crippen LogP contribution in [0.3, 0.4) is 0 Å². The van der Waals surface area contributed by atoms with Crippen molar-refractivity contribution in [2.45, 2.75) is 72.0 Å². The van der Waals surface area contributed by atoms with Crippen LogP contribution in [0.2, 0.25) is 0 Å². The SMILES string of the molecule is COc1cc2c(c(OC)c1OC)-c1ccc(N[C@@H](CC(C)C)C(=O)NC(C)C)c(=O)cc1[C@@H](NC(C)=O)CC2. The molecule has 1 aliphatic carbocycles. The number of amides is 2. The average molecular weight is 540 g/mol. The van der Waals surface area contributed by atoms with E-state index in [1.54, 1.807) is 33.5 Å². The van der Waals surface area contributed by atoms with E-state index >= 15 is 0 Å². The molecule has 9 nitrogen and oxygen atoms in total. The number of ether oxygens (including phenoxy) is 3.